The molecule has 1 atom stereocenters. The summed E-state index contributed by atoms with van der Waals surface area (Å²) in [4.78, 5) is 12.2. The number of carbonyl (C=O) groups excluding carboxylic acids is 1. The first-order valence-corrected chi connectivity index (χ1v) is 8.50. The van der Waals surface area contributed by atoms with Gasteiger partial charge in [0, 0.05) is 11.6 Å². The lowest BCUT2D eigenvalue weighted by Gasteiger charge is -2.09. The van der Waals surface area contributed by atoms with Crippen molar-refractivity contribution in [3.05, 3.63) is 41.7 Å². The van der Waals surface area contributed by atoms with Crippen molar-refractivity contribution in [3.8, 4) is 11.4 Å². The van der Waals surface area contributed by atoms with Crippen LogP contribution in [0.2, 0.25) is 0 Å². The number of aromatic nitrogens is 4. The van der Waals surface area contributed by atoms with E-state index < -0.39 is 5.25 Å². The molecular weight excluding hydrogens is 340 g/mol. The molecular formula is C16H18N6O2S. The van der Waals surface area contributed by atoms with Crippen molar-refractivity contribution in [2.24, 2.45) is 0 Å². The Morgan fingerprint density at radius 2 is 2.00 bits per heavy atom. The quantitative estimate of drug-likeness (QED) is 0.532. The number of hydrogen-bond acceptors (Lipinski definition) is 7. The first-order chi connectivity index (χ1) is 11.9. The molecule has 2 heterocycles. The molecule has 0 radical (unpaired) electrons. The van der Waals surface area contributed by atoms with Gasteiger partial charge < -0.3 is 15.7 Å². The lowest BCUT2D eigenvalue weighted by Crippen LogP contribution is -2.23. The van der Waals surface area contributed by atoms with Crippen LogP contribution in [0.3, 0.4) is 0 Å². The normalized spacial score (nSPS) is 12.1. The number of amides is 1. The monoisotopic (exact) mass is 358 g/mol. The standard InChI is InChI=1S/C16H18N6O2S/c1-9-4-6-12(7-5-9)14-19-20-16(22(14)17)25-11(3)15(23)18-13-8-10(2)24-21-13/h4-8,11H,17H2,1-3H3,(H,18,21,23)/t11-/m0/s1. The molecule has 0 spiro atoms. The Morgan fingerprint density at radius 3 is 2.64 bits per heavy atom. The van der Waals surface area contributed by atoms with E-state index in [0.29, 0.717) is 22.6 Å². The summed E-state index contributed by atoms with van der Waals surface area (Å²) in [5, 5.41) is 14.6. The number of nitrogens with two attached hydrogens (primary N) is 1. The Hall–Kier alpha value is -2.81. The number of nitrogens with one attached hydrogen (secondary N) is 1. The SMILES string of the molecule is Cc1ccc(-c2nnc(S[C@@H](C)C(=O)Nc3cc(C)on3)n2N)cc1. The number of carbonyl (C=O) groups is 1. The first kappa shape index (κ1) is 17.0. The summed E-state index contributed by atoms with van der Waals surface area (Å²) in [6.07, 6.45) is 0. The highest BCUT2D eigenvalue weighted by molar-refractivity contribution is 8.00. The molecule has 0 aliphatic rings. The predicted molar refractivity (Wildman–Crippen MR) is 95.5 cm³/mol. The summed E-state index contributed by atoms with van der Waals surface area (Å²) in [5.41, 5.74) is 2.01. The maximum Gasteiger partial charge on any atom is 0.238 e. The molecule has 8 nitrogen and oxygen atoms in total. The Morgan fingerprint density at radius 1 is 1.28 bits per heavy atom. The average molecular weight is 358 g/mol. The number of rotatable bonds is 5. The van der Waals surface area contributed by atoms with Crippen LogP contribution >= 0.6 is 11.8 Å². The number of nitrogens with zero attached hydrogens (tertiary/aromatic N) is 4. The van der Waals surface area contributed by atoms with Crippen LogP contribution in [0.25, 0.3) is 11.4 Å². The smallest absolute Gasteiger partial charge is 0.238 e. The molecule has 3 rings (SSSR count). The zero-order valence-electron chi connectivity index (χ0n) is 14.1. The topological polar surface area (TPSA) is 112 Å². The van der Waals surface area contributed by atoms with Crippen LogP contribution in [-0.4, -0.2) is 31.2 Å². The second-order valence-corrected chi connectivity index (χ2v) is 6.92. The van der Waals surface area contributed by atoms with Gasteiger partial charge in [-0.05, 0) is 20.8 Å². The van der Waals surface area contributed by atoms with Crippen LogP contribution < -0.4 is 11.2 Å². The molecule has 2 aromatic heterocycles. The maximum atomic E-state index is 12.2. The van der Waals surface area contributed by atoms with Crippen molar-refractivity contribution in [1.82, 2.24) is 20.0 Å². The summed E-state index contributed by atoms with van der Waals surface area (Å²) in [6, 6.07) is 9.47. The largest absolute Gasteiger partial charge is 0.360 e. The van der Waals surface area contributed by atoms with Crippen molar-refractivity contribution in [3.63, 3.8) is 0 Å². The summed E-state index contributed by atoms with van der Waals surface area (Å²) in [7, 11) is 0. The van der Waals surface area contributed by atoms with E-state index >= 15 is 0 Å². The Labute approximate surface area is 148 Å². The van der Waals surface area contributed by atoms with Crippen LogP contribution in [0, 0.1) is 13.8 Å². The predicted octanol–water partition coefficient (Wildman–Crippen LogP) is 2.38. The second kappa shape index (κ2) is 6.98. The third-order valence-corrected chi connectivity index (χ3v) is 4.56. The molecule has 3 aromatic rings. The minimum Gasteiger partial charge on any atom is -0.360 e. The molecule has 25 heavy (non-hydrogen) atoms. The molecule has 0 bridgehead atoms. The Balaban J connectivity index is 1.70. The fourth-order valence-electron chi connectivity index (χ4n) is 2.12. The van der Waals surface area contributed by atoms with E-state index in [1.54, 1.807) is 19.9 Å². The van der Waals surface area contributed by atoms with E-state index in [0.717, 1.165) is 11.1 Å². The highest BCUT2D eigenvalue weighted by Crippen LogP contribution is 2.25. The van der Waals surface area contributed by atoms with Gasteiger partial charge in [-0.3, -0.25) is 4.79 Å². The number of aryl methyl sites for hydroxylation is 2. The van der Waals surface area contributed by atoms with E-state index in [4.69, 9.17) is 10.4 Å². The first-order valence-electron chi connectivity index (χ1n) is 7.62. The van der Waals surface area contributed by atoms with Gasteiger partial charge in [0.25, 0.3) is 0 Å². The molecule has 9 heteroatoms. The van der Waals surface area contributed by atoms with Crippen molar-refractivity contribution in [2.45, 2.75) is 31.2 Å². The Bertz CT molecular complexity index is 886. The zero-order valence-corrected chi connectivity index (χ0v) is 14.9. The molecule has 1 amide bonds. The summed E-state index contributed by atoms with van der Waals surface area (Å²) in [5.74, 6) is 7.41. The summed E-state index contributed by atoms with van der Waals surface area (Å²) >= 11 is 1.22. The molecule has 0 saturated carbocycles. The summed E-state index contributed by atoms with van der Waals surface area (Å²) < 4.78 is 6.31. The van der Waals surface area contributed by atoms with Crippen molar-refractivity contribution >= 4 is 23.5 Å². The van der Waals surface area contributed by atoms with Crippen LogP contribution in [-0.2, 0) is 4.79 Å². The highest BCUT2D eigenvalue weighted by Gasteiger charge is 2.20. The van der Waals surface area contributed by atoms with Gasteiger partial charge in [-0.1, -0.05) is 46.7 Å². The number of benzene rings is 1. The maximum absolute atomic E-state index is 12.2. The molecule has 1 aromatic carbocycles. The lowest BCUT2D eigenvalue weighted by molar-refractivity contribution is -0.115. The average Bonchev–Trinajstić information content (AvgIpc) is 3.15. The van der Waals surface area contributed by atoms with Gasteiger partial charge in [0.05, 0.1) is 5.25 Å². The van der Waals surface area contributed by atoms with Crippen molar-refractivity contribution in [2.75, 3.05) is 11.2 Å². The van der Waals surface area contributed by atoms with Gasteiger partial charge in [0.15, 0.2) is 11.6 Å². The van der Waals surface area contributed by atoms with Crippen molar-refractivity contribution < 1.29 is 9.32 Å². The van der Waals surface area contributed by atoms with Crippen LogP contribution in [0.15, 0.2) is 40.0 Å². The van der Waals surface area contributed by atoms with E-state index in [1.807, 2.05) is 31.2 Å². The number of thioether (sulfide) groups is 1. The fraction of sp³-hybridized carbons (Fsp3) is 0.250. The van der Waals surface area contributed by atoms with Gasteiger partial charge in [-0.2, -0.15) is 0 Å². The minimum absolute atomic E-state index is 0.224. The molecule has 0 fully saturated rings. The van der Waals surface area contributed by atoms with E-state index in [9.17, 15) is 4.79 Å². The number of hydrogen-bond donors (Lipinski definition) is 2. The highest BCUT2D eigenvalue weighted by atomic mass is 32.2. The zero-order chi connectivity index (χ0) is 18.0. The Kier molecular flexibility index (Phi) is 4.75. The number of nitrogen functional groups attached to an aromatic ring is 1. The van der Waals surface area contributed by atoms with Gasteiger partial charge in [0.1, 0.15) is 5.76 Å². The molecule has 130 valence electrons. The minimum atomic E-state index is -0.436. The van der Waals surface area contributed by atoms with Gasteiger partial charge in [-0.25, -0.2) is 4.68 Å². The third kappa shape index (κ3) is 3.82. The molecule has 0 saturated heterocycles. The van der Waals surface area contributed by atoms with E-state index in [-0.39, 0.29) is 5.91 Å². The van der Waals surface area contributed by atoms with Gasteiger partial charge >= 0.3 is 0 Å². The van der Waals surface area contributed by atoms with Crippen LogP contribution in [0.1, 0.15) is 18.2 Å². The van der Waals surface area contributed by atoms with Crippen LogP contribution in [0.5, 0.6) is 0 Å². The third-order valence-electron chi connectivity index (χ3n) is 3.50. The van der Waals surface area contributed by atoms with Gasteiger partial charge in [0.2, 0.25) is 11.1 Å². The molecule has 0 aliphatic carbocycles. The van der Waals surface area contributed by atoms with E-state index in [2.05, 4.69) is 20.7 Å². The number of anilines is 1. The second-order valence-electron chi connectivity index (χ2n) is 5.61. The molecule has 0 aliphatic heterocycles. The molecule has 3 N–H and O–H groups in total. The van der Waals surface area contributed by atoms with Crippen LogP contribution in [0.4, 0.5) is 5.82 Å². The van der Waals surface area contributed by atoms with E-state index in [1.165, 1.54) is 16.4 Å². The lowest BCUT2D eigenvalue weighted by atomic mass is 10.1. The fourth-order valence-corrected chi connectivity index (χ4v) is 2.89. The summed E-state index contributed by atoms with van der Waals surface area (Å²) in [6.45, 7) is 5.52. The van der Waals surface area contributed by atoms with Crippen molar-refractivity contribution in [1.29, 1.82) is 0 Å². The van der Waals surface area contributed by atoms with Gasteiger partial charge in [-0.15, -0.1) is 10.2 Å². The molecule has 0 unspecified atom stereocenters.